The summed E-state index contributed by atoms with van der Waals surface area (Å²) in [5, 5.41) is 12.9. The average Bonchev–Trinajstić information content (AvgIpc) is 2.85. The molecule has 2 N–H and O–H groups in total. The number of hydrogen-bond acceptors (Lipinski definition) is 4. The molecule has 1 amide bonds. The largest absolute Gasteiger partial charge is 0.396 e. The van der Waals surface area contributed by atoms with Crippen LogP contribution in [0.3, 0.4) is 0 Å². The zero-order valence-electron chi connectivity index (χ0n) is 12.1. The lowest BCUT2D eigenvalue weighted by Crippen LogP contribution is -2.17. The zero-order valence-corrected chi connectivity index (χ0v) is 12.8. The van der Waals surface area contributed by atoms with E-state index in [2.05, 4.69) is 10.3 Å². The van der Waals surface area contributed by atoms with Crippen LogP contribution in [0.4, 0.5) is 11.5 Å². The van der Waals surface area contributed by atoms with Gasteiger partial charge in [0.05, 0.1) is 12.2 Å². The maximum atomic E-state index is 12.3. The van der Waals surface area contributed by atoms with Gasteiger partial charge in [0.2, 0.25) is 0 Å². The van der Waals surface area contributed by atoms with Crippen molar-refractivity contribution in [3.05, 3.63) is 52.7 Å². The molecule has 1 aliphatic rings. The number of aliphatic hydroxyl groups is 1. The smallest absolute Gasteiger partial charge is 0.257 e. The molecule has 6 heteroatoms. The van der Waals surface area contributed by atoms with Crippen LogP contribution in [0.1, 0.15) is 21.8 Å². The van der Waals surface area contributed by atoms with Crippen molar-refractivity contribution in [2.75, 3.05) is 30.4 Å². The maximum Gasteiger partial charge on any atom is 0.257 e. The number of rotatable bonds is 3. The lowest BCUT2D eigenvalue weighted by molar-refractivity contribution is 0.102. The summed E-state index contributed by atoms with van der Waals surface area (Å²) in [4.78, 5) is 18.6. The number of carbonyl (C=O) groups is 1. The topological polar surface area (TPSA) is 65.5 Å². The molecule has 0 spiro atoms. The SMILES string of the molecule is CN1CC(CO)c2cc(C(=O)Nc3ccc(Cl)cc3)cnc21. The molecule has 3 rings (SSSR count). The van der Waals surface area contributed by atoms with Crippen LogP contribution in [-0.2, 0) is 0 Å². The Morgan fingerprint density at radius 3 is 2.86 bits per heavy atom. The number of likely N-dealkylation sites (N-methyl/N-ethyl adjacent to an activating group) is 1. The number of benzene rings is 1. The minimum absolute atomic E-state index is 0.00391. The third-order valence-electron chi connectivity index (χ3n) is 3.78. The summed E-state index contributed by atoms with van der Waals surface area (Å²) in [5.41, 5.74) is 2.06. The van der Waals surface area contributed by atoms with Gasteiger partial charge in [0.25, 0.3) is 5.91 Å². The number of nitrogens with zero attached hydrogens (tertiary/aromatic N) is 2. The molecular weight excluding hydrogens is 302 g/mol. The van der Waals surface area contributed by atoms with Gasteiger partial charge in [-0.25, -0.2) is 4.98 Å². The van der Waals surface area contributed by atoms with Crippen molar-refractivity contribution in [1.82, 2.24) is 4.98 Å². The number of pyridine rings is 1. The lowest BCUT2D eigenvalue weighted by atomic mass is 10.0. The Hall–Kier alpha value is -2.11. The number of hydrogen-bond donors (Lipinski definition) is 2. The van der Waals surface area contributed by atoms with E-state index in [4.69, 9.17) is 11.6 Å². The fraction of sp³-hybridized carbons (Fsp3) is 0.250. The lowest BCUT2D eigenvalue weighted by Gasteiger charge is -2.10. The summed E-state index contributed by atoms with van der Waals surface area (Å²) in [5.74, 6) is 0.585. The van der Waals surface area contributed by atoms with Gasteiger partial charge in [0, 0.05) is 42.0 Å². The molecule has 0 aliphatic carbocycles. The van der Waals surface area contributed by atoms with Crippen LogP contribution >= 0.6 is 11.6 Å². The molecule has 0 bridgehead atoms. The van der Waals surface area contributed by atoms with Crippen molar-refractivity contribution < 1.29 is 9.90 Å². The van der Waals surface area contributed by atoms with E-state index < -0.39 is 0 Å². The van der Waals surface area contributed by atoms with Crippen LogP contribution in [0.5, 0.6) is 0 Å². The van der Waals surface area contributed by atoms with E-state index in [9.17, 15) is 9.90 Å². The molecule has 1 atom stereocenters. The molecule has 1 aromatic heterocycles. The number of aromatic nitrogens is 1. The molecule has 1 unspecified atom stereocenters. The Kier molecular flexibility index (Phi) is 4.00. The van der Waals surface area contributed by atoms with Crippen molar-refractivity contribution in [2.45, 2.75) is 5.92 Å². The van der Waals surface area contributed by atoms with Crippen molar-refractivity contribution in [2.24, 2.45) is 0 Å². The molecule has 0 fully saturated rings. The van der Waals surface area contributed by atoms with E-state index in [0.29, 0.717) is 22.8 Å². The van der Waals surface area contributed by atoms with Crippen molar-refractivity contribution >= 4 is 29.0 Å². The summed E-state index contributed by atoms with van der Waals surface area (Å²) >= 11 is 5.82. The highest BCUT2D eigenvalue weighted by Crippen LogP contribution is 2.33. The molecular formula is C16H16ClN3O2. The van der Waals surface area contributed by atoms with Crippen molar-refractivity contribution in [3.8, 4) is 0 Å². The Balaban J connectivity index is 1.83. The van der Waals surface area contributed by atoms with Gasteiger partial charge in [-0.2, -0.15) is 0 Å². The second kappa shape index (κ2) is 5.94. The molecule has 2 heterocycles. The molecule has 0 saturated heterocycles. The number of amides is 1. The minimum atomic E-state index is -0.233. The third kappa shape index (κ3) is 2.77. The van der Waals surface area contributed by atoms with Gasteiger partial charge in [-0.3, -0.25) is 4.79 Å². The number of carbonyl (C=O) groups excluding carboxylic acids is 1. The van der Waals surface area contributed by atoms with Crippen LogP contribution in [0.2, 0.25) is 5.02 Å². The van der Waals surface area contributed by atoms with Crippen LogP contribution in [0.25, 0.3) is 0 Å². The molecule has 22 heavy (non-hydrogen) atoms. The van der Waals surface area contributed by atoms with Gasteiger partial charge in [-0.05, 0) is 30.3 Å². The highest BCUT2D eigenvalue weighted by molar-refractivity contribution is 6.30. The number of anilines is 2. The molecule has 1 aromatic carbocycles. The second-order valence-electron chi connectivity index (χ2n) is 5.36. The van der Waals surface area contributed by atoms with Crippen LogP contribution < -0.4 is 10.2 Å². The highest BCUT2D eigenvalue weighted by Gasteiger charge is 2.28. The van der Waals surface area contributed by atoms with Crippen molar-refractivity contribution in [3.63, 3.8) is 0 Å². The molecule has 2 aromatic rings. The summed E-state index contributed by atoms with van der Waals surface area (Å²) in [7, 11) is 1.93. The Morgan fingerprint density at radius 2 is 2.18 bits per heavy atom. The first-order valence-electron chi connectivity index (χ1n) is 6.97. The molecule has 114 valence electrons. The van der Waals surface area contributed by atoms with Crippen LogP contribution in [0.15, 0.2) is 36.5 Å². The standard InChI is InChI=1S/C16H16ClN3O2/c1-20-8-11(9-21)14-6-10(7-18-15(14)20)16(22)19-13-4-2-12(17)3-5-13/h2-7,11,21H,8-9H2,1H3,(H,19,22). The third-order valence-corrected chi connectivity index (χ3v) is 4.03. The van der Waals surface area contributed by atoms with E-state index in [-0.39, 0.29) is 18.4 Å². The van der Waals surface area contributed by atoms with E-state index in [0.717, 1.165) is 11.4 Å². The molecule has 1 aliphatic heterocycles. The van der Waals surface area contributed by atoms with Crippen LogP contribution in [-0.4, -0.2) is 36.2 Å². The first kappa shape index (κ1) is 14.8. The van der Waals surface area contributed by atoms with E-state index in [1.54, 1.807) is 36.5 Å². The second-order valence-corrected chi connectivity index (χ2v) is 5.79. The van der Waals surface area contributed by atoms with Gasteiger partial charge < -0.3 is 15.3 Å². The van der Waals surface area contributed by atoms with Gasteiger partial charge in [0.15, 0.2) is 0 Å². The summed E-state index contributed by atoms with van der Waals surface area (Å²) < 4.78 is 0. The van der Waals surface area contributed by atoms with Gasteiger partial charge >= 0.3 is 0 Å². The van der Waals surface area contributed by atoms with Crippen LogP contribution in [0, 0.1) is 0 Å². The van der Waals surface area contributed by atoms with Crippen molar-refractivity contribution in [1.29, 1.82) is 0 Å². The minimum Gasteiger partial charge on any atom is -0.396 e. The van der Waals surface area contributed by atoms with Gasteiger partial charge in [-0.1, -0.05) is 11.6 Å². The molecule has 5 nitrogen and oxygen atoms in total. The predicted molar refractivity (Wildman–Crippen MR) is 86.7 cm³/mol. The monoisotopic (exact) mass is 317 g/mol. The Bertz CT molecular complexity index is 703. The number of fused-ring (bicyclic) bond motifs is 1. The van der Waals surface area contributed by atoms with Gasteiger partial charge in [-0.15, -0.1) is 0 Å². The van der Waals surface area contributed by atoms with E-state index in [1.807, 2.05) is 11.9 Å². The Morgan fingerprint density at radius 1 is 1.45 bits per heavy atom. The van der Waals surface area contributed by atoms with E-state index >= 15 is 0 Å². The summed E-state index contributed by atoms with van der Waals surface area (Å²) in [6, 6.07) is 8.72. The fourth-order valence-electron chi connectivity index (χ4n) is 2.63. The summed E-state index contributed by atoms with van der Waals surface area (Å²) in [6.45, 7) is 0.752. The number of aliphatic hydroxyl groups excluding tert-OH is 1. The van der Waals surface area contributed by atoms with E-state index in [1.165, 1.54) is 0 Å². The zero-order chi connectivity index (χ0) is 15.7. The average molecular weight is 318 g/mol. The fourth-order valence-corrected chi connectivity index (χ4v) is 2.75. The normalized spacial score (nSPS) is 16.5. The first-order chi connectivity index (χ1) is 10.6. The molecule has 0 saturated carbocycles. The first-order valence-corrected chi connectivity index (χ1v) is 7.35. The number of halogens is 1. The predicted octanol–water partition coefficient (Wildman–Crippen LogP) is 2.51. The maximum absolute atomic E-state index is 12.3. The molecule has 0 radical (unpaired) electrons. The Labute approximate surface area is 133 Å². The summed E-state index contributed by atoms with van der Waals surface area (Å²) in [6.07, 6.45) is 1.56. The highest BCUT2D eigenvalue weighted by atomic mass is 35.5. The van der Waals surface area contributed by atoms with Gasteiger partial charge in [0.1, 0.15) is 5.82 Å². The quantitative estimate of drug-likeness (QED) is 0.913. The number of nitrogens with one attached hydrogen (secondary N) is 1.